The van der Waals surface area contributed by atoms with Gasteiger partial charge >= 0.3 is 0 Å². The molecular weight excluding hydrogens is 338 g/mol. The highest BCUT2D eigenvalue weighted by Gasteiger charge is 2.15. The van der Waals surface area contributed by atoms with Crippen molar-refractivity contribution in [3.05, 3.63) is 39.2 Å². The number of halogens is 1. The zero-order chi connectivity index (χ0) is 14.3. The normalized spacial score (nSPS) is 10.9. The smallest absolute Gasteiger partial charge is 0.258 e. The molecule has 3 aromatic rings. The Balaban J connectivity index is 2.06. The Morgan fingerprint density at radius 3 is 2.75 bits per heavy atom. The highest BCUT2D eigenvalue weighted by Crippen LogP contribution is 2.32. The lowest BCUT2D eigenvalue weighted by molar-refractivity contribution is 0.432. The number of aryl methyl sites for hydroxylation is 1. The monoisotopic (exact) mass is 349 g/mol. The van der Waals surface area contributed by atoms with E-state index in [-0.39, 0.29) is 0 Å². The van der Waals surface area contributed by atoms with Gasteiger partial charge in [-0.15, -0.1) is 11.3 Å². The van der Waals surface area contributed by atoms with Gasteiger partial charge in [0.1, 0.15) is 0 Å². The van der Waals surface area contributed by atoms with Crippen molar-refractivity contribution in [3.63, 3.8) is 0 Å². The van der Waals surface area contributed by atoms with Gasteiger partial charge < -0.3 is 10.3 Å². The van der Waals surface area contributed by atoms with Crippen molar-refractivity contribution in [2.24, 2.45) is 0 Å². The molecule has 2 N–H and O–H groups in total. The van der Waals surface area contributed by atoms with Crippen LogP contribution in [0, 0.1) is 13.8 Å². The van der Waals surface area contributed by atoms with Crippen LogP contribution in [0.5, 0.6) is 0 Å². The third kappa shape index (κ3) is 2.36. The zero-order valence-corrected chi connectivity index (χ0v) is 13.4. The second-order valence-corrected chi connectivity index (χ2v) is 7.00. The van der Waals surface area contributed by atoms with Gasteiger partial charge in [0, 0.05) is 11.3 Å². The van der Waals surface area contributed by atoms with E-state index in [9.17, 15) is 0 Å². The van der Waals surface area contributed by atoms with Crippen molar-refractivity contribution in [3.8, 4) is 22.2 Å². The van der Waals surface area contributed by atoms with Gasteiger partial charge in [-0.05, 0) is 65.2 Å². The third-order valence-electron chi connectivity index (χ3n) is 3.14. The lowest BCUT2D eigenvalue weighted by Crippen LogP contribution is -1.92. The van der Waals surface area contributed by atoms with Gasteiger partial charge in [-0.25, -0.2) is 0 Å². The van der Waals surface area contributed by atoms with Crippen LogP contribution in [0.3, 0.4) is 0 Å². The molecule has 0 aliphatic carbocycles. The zero-order valence-electron chi connectivity index (χ0n) is 11.0. The quantitative estimate of drug-likeness (QED) is 0.695. The Morgan fingerprint density at radius 1 is 1.25 bits per heavy atom. The lowest BCUT2D eigenvalue weighted by Gasteiger charge is -2.06. The molecule has 1 aromatic carbocycles. The molecule has 0 fully saturated rings. The maximum absolute atomic E-state index is 5.89. The van der Waals surface area contributed by atoms with E-state index >= 15 is 0 Å². The van der Waals surface area contributed by atoms with E-state index in [0.717, 1.165) is 25.4 Å². The molecule has 3 rings (SSSR count). The molecule has 0 atom stereocenters. The summed E-state index contributed by atoms with van der Waals surface area (Å²) in [5.41, 5.74) is 9.68. The predicted octanol–water partition coefficient (Wildman–Crippen LogP) is 4.43. The molecule has 6 heteroatoms. The molecule has 0 aliphatic rings. The van der Waals surface area contributed by atoms with Gasteiger partial charge in [-0.3, -0.25) is 0 Å². The van der Waals surface area contributed by atoms with Crippen LogP contribution in [-0.2, 0) is 0 Å². The van der Waals surface area contributed by atoms with Crippen molar-refractivity contribution in [2.45, 2.75) is 13.8 Å². The molecule has 4 nitrogen and oxygen atoms in total. The molecule has 20 heavy (non-hydrogen) atoms. The second kappa shape index (κ2) is 5.03. The highest BCUT2D eigenvalue weighted by molar-refractivity contribution is 9.11. The summed E-state index contributed by atoms with van der Waals surface area (Å²) in [6.07, 6.45) is 0. The van der Waals surface area contributed by atoms with Crippen molar-refractivity contribution < 1.29 is 4.52 Å². The summed E-state index contributed by atoms with van der Waals surface area (Å²) in [5, 5.41) is 4.04. The molecule has 0 aliphatic heterocycles. The molecule has 0 amide bonds. The third-order valence-corrected chi connectivity index (χ3v) is 4.76. The predicted molar refractivity (Wildman–Crippen MR) is 84.6 cm³/mol. The second-order valence-electron chi connectivity index (χ2n) is 4.54. The number of nitrogen functional groups attached to an aromatic ring is 1. The summed E-state index contributed by atoms with van der Waals surface area (Å²) in [4.78, 5) is 5.43. The van der Waals surface area contributed by atoms with Gasteiger partial charge in [0.2, 0.25) is 5.82 Å². The number of anilines is 1. The molecule has 0 spiro atoms. The molecule has 2 aromatic heterocycles. The number of aromatic nitrogens is 2. The lowest BCUT2D eigenvalue weighted by atomic mass is 10.0. The van der Waals surface area contributed by atoms with Gasteiger partial charge in [0.15, 0.2) is 0 Å². The average molecular weight is 350 g/mol. The van der Waals surface area contributed by atoms with Crippen LogP contribution in [0.25, 0.3) is 22.2 Å². The van der Waals surface area contributed by atoms with Gasteiger partial charge in [0.05, 0.1) is 8.66 Å². The standard InChI is InChI=1S/C14H12BrN3OS/c1-7-5-9(16)6-10(8(7)2)14-17-13(18-19-14)11-3-4-12(15)20-11/h3-6H,16H2,1-2H3. The van der Waals surface area contributed by atoms with E-state index in [1.807, 2.05) is 38.1 Å². The van der Waals surface area contributed by atoms with E-state index in [0.29, 0.717) is 17.4 Å². The minimum Gasteiger partial charge on any atom is -0.399 e. The Kier molecular flexibility index (Phi) is 3.35. The summed E-state index contributed by atoms with van der Waals surface area (Å²) < 4.78 is 6.42. The SMILES string of the molecule is Cc1cc(N)cc(-c2nc(-c3ccc(Br)s3)no2)c1C. The molecule has 0 bridgehead atoms. The first-order valence-electron chi connectivity index (χ1n) is 6.01. The first kappa shape index (κ1) is 13.3. The molecule has 102 valence electrons. The average Bonchev–Trinajstić information content (AvgIpc) is 3.02. The molecule has 0 unspecified atom stereocenters. The number of hydrogen-bond acceptors (Lipinski definition) is 5. The summed E-state index contributed by atoms with van der Waals surface area (Å²) in [7, 11) is 0. The van der Waals surface area contributed by atoms with E-state index in [1.165, 1.54) is 0 Å². The van der Waals surface area contributed by atoms with Gasteiger partial charge in [-0.2, -0.15) is 4.98 Å². The maximum atomic E-state index is 5.89. The van der Waals surface area contributed by atoms with Crippen LogP contribution < -0.4 is 5.73 Å². The number of nitrogens with two attached hydrogens (primary N) is 1. The van der Waals surface area contributed by atoms with Crippen LogP contribution in [0.4, 0.5) is 5.69 Å². The molecular formula is C14H12BrN3OS. The first-order chi connectivity index (χ1) is 9.54. The summed E-state index contributed by atoms with van der Waals surface area (Å²) in [6.45, 7) is 4.04. The molecule has 0 radical (unpaired) electrons. The van der Waals surface area contributed by atoms with Crippen LogP contribution in [-0.4, -0.2) is 10.1 Å². The fraction of sp³-hybridized carbons (Fsp3) is 0.143. The van der Waals surface area contributed by atoms with E-state index < -0.39 is 0 Å². The fourth-order valence-corrected chi connectivity index (χ4v) is 3.29. The Morgan fingerprint density at radius 2 is 2.05 bits per heavy atom. The van der Waals surface area contributed by atoms with Crippen molar-refractivity contribution >= 4 is 33.0 Å². The Hall–Kier alpha value is -1.66. The number of thiophene rings is 1. The van der Waals surface area contributed by atoms with Crippen molar-refractivity contribution in [1.29, 1.82) is 0 Å². The van der Waals surface area contributed by atoms with Crippen LogP contribution in [0.1, 0.15) is 11.1 Å². The number of benzene rings is 1. The van der Waals surface area contributed by atoms with E-state index in [4.69, 9.17) is 10.3 Å². The fourth-order valence-electron chi connectivity index (χ4n) is 1.98. The largest absolute Gasteiger partial charge is 0.399 e. The van der Waals surface area contributed by atoms with Crippen molar-refractivity contribution in [1.82, 2.24) is 10.1 Å². The summed E-state index contributed by atoms with van der Waals surface area (Å²) in [5.74, 6) is 1.09. The minimum absolute atomic E-state index is 0.498. The highest BCUT2D eigenvalue weighted by atomic mass is 79.9. The topological polar surface area (TPSA) is 64.9 Å². The summed E-state index contributed by atoms with van der Waals surface area (Å²) >= 11 is 4.99. The minimum atomic E-state index is 0.498. The van der Waals surface area contributed by atoms with E-state index in [1.54, 1.807) is 11.3 Å². The molecule has 0 saturated heterocycles. The molecule has 0 saturated carbocycles. The van der Waals surface area contributed by atoms with Crippen LogP contribution >= 0.6 is 27.3 Å². The summed E-state index contributed by atoms with van der Waals surface area (Å²) in [6, 6.07) is 7.73. The maximum Gasteiger partial charge on any atom is 0.258 e. The Labute approximate surface area is 128 Å². The van der Waals surface area contributed by atoms with E-state index in [2.05, 4.69) is 26.1 Å². The van der Waals surface area contributed by atoms with Crippen molar-refractivity contribution in [2.75, 3.05) is 5.73 Å². The Bertz CT molecular complexity index is 779. The number of rotatable bonds is 2. The number of nitrogens with zero attached hydrogens (tertiary/aromatic N) is 2. The number of hydrogen-bond donors (Lipinski definition) is 1. The molecule has 2 heterocycles. The van der Waals surface area contributed by atoms with Crippen LogP contribution in [0.15, 0.2) is 32.6 Å². The van der Waals surface area contributed by atoms with Gasteiger partial charge in [0.25, 0.3) is 5.89 Å². The van der Waals surface area contributed by atoms with Crippen LogP contribution in [0.2, 0.25) is 0 Å². The van der Waals surface area contributed by atoms with Gasteiger partial charge in [-0.1, -0.05) is 5.16 Å². The first-order valence-corrected chi connectivity index (χ1v) is 7.62.